The number of hydrogen-bond donors (Lipinski definition) is 1. The molecule has 0 fully saturated rings. The molecule has 24 heavy (non-hydrogen) atoms. The molecule has 0 bridgehead atoms. The lowest BCUT2D eigenvalue weighted by Gasteiger charge is -2.23. The Bertz CT molecular complexity index is 787. The number of halogens is 1. The standard InChI is InChI=1S/C19H21BrN2O2/c1-12-5-6-13(2)18(9-12)22(15(4)23)11-19(24)21-17-8-7-16(20)10-14(17)3/h5-10H,11H2,1-4H3,(H,21,24). The molecule has 4 nitrogen and oxygen atoms in total. The molecule has 2 amide bonds. The molecule has 2 rings (SSSR count). The van der Waals surface area contributed by atoms with Gasteiger partial charge in [0.05, 0.1) is 0 Å². The van der Waals surface area contributed by atoms with E-state index >= 15 is 0 Å². The van der Waals surface area contributed by atoms with Crippen LogP contribution in [0.1, 0.15) is 23.6 Å². The van der Waals surface area contributed by atoms with Crippen molar-refractivity contribution in [1.82, 2.24) is 0 Å². The predicted octanol–water partition coefficient (Wildman–Crippen LogP) is 4.37. The summed E-state index contributed by atoms with van der Waals surface area (Å²) in [6.07, 6.45) is 0. The molecule has 1 N–H and O–H groups in total. The quantitative estimate of drug-likeness (QED) is 0.845. The van der Waals surface area contributed by atoms with E-state index in [9.17, 15) is 9.59 Å². The minimum atomic E-state index is -0.225. The van der Waals surface area contributed by atoms with Gasteiger partial charge in [0.2, 0.25) is 11.8 Å². The molecule has 0 aliphatic heterocycles. The zero-order valence-electron chi connectivity index (χ0n) is 14.3. The van der Waals surface area contributed by atoms with E-state index < -0.39 is 0 Å². The van der Waals surface area contributed by atoms with E-state index in [1.165, 1.54) is 11.8 Å². The minimum Gasteiger partial charge on any atom is -0.324 e. The number of nitrogens with one attached hydrogen (secondary N) is 1. The van der Waals surface area contributed by atoms with Gasteiger partial charge in [0.15, 0.2) is 0 Å². The van der Waals surface area contributed by atoms with Crippen LogP contribution in [0, 0.1) is 20.8 Å². The molecule has 0 spiro atoms. The number of carbonyl (C=O) groups is 2. The SMILES string of the molecule is CC(=O)N(CC(=O)Nc1ccc(Br)cc1C)c1cc(C)ccc1C. The van der Waals surface area contributed by atoms with Gasteiger partial charge in [-0.05, 0) is 61.7 Å². The number of aryl methyl sites for hydroxylation is 3. The highest BCUT2D eigenvalue weighted by Gasteiger charge is 2.18. The minimum absolute atomic E-state index is 0.0187. The van der Waals surface area contributed by atoms with E-state index in [1.54, 1.807) is 0 Å². The van der Waals surface area contributed by atoms with E-state index in [4.69, 9.17) is 0 Å². The molecule has 0 saturated heterocycles. The van der Waals surface area contributed by atoms with Gasteiger partial charge in [-0.2, -0.15) is 0 Å². The number of rotatable bonds is 4. The van der Waals surface area contributed by atoms with Gasteiger partial charge >= 0.3 is 0 Å². The monoisotopic (exact) mass is 388 g/mol. The summed E-state index contributed by atoms with van der Waals surface area (Å²) in [7, 11) is 0. The molecular weight excluding hydrogens is 368 g/mol. The molecule has 0 unspecified atom stereocenters. The highest BCUT2D eigenvalue weighted by Crippen LogP contribution is 2.23. The van der Waals surface area contributed by atoms with E-state index in [1.807, 2.05) is 57.2 Å². The smallest absolute Gasteiger partial charge is 0.244 e. The maximum atomic E-state index is 12.4. The average molecular weight is 389 g/mol. The zero-order chi connectivity index (χ0) is 17.9. The molecule has 0 atom stereocenters. The second kappa shape index (κ2) is 7.62. The lowest BCUT2D eigenvalue weighted by Crippen LogP contribution is -2.37. The summed E-state index contributed by atoms with van der Waals surface area (Å²) in [5.41, 5.74) is 4.48. The van der Waals surface area contributed by atoms with Gasteiger partial charge in [-0.15, -0.1) is 0 Å². The average Bonchev–Trinajstić information content (AvgIpc) is 2.50. The molecule has 5 heteroatoms. The third kappa shape index (κ3) is 4.45. The van der Waals surface area contributed by atoms with Crippen molar-refractivity contribution in [2.24, 2.45) is 0 Å². The van der Waals surface area contributed by atoms with Crippen LogP contribution in [-0.4, -0.2) is 18.4 Å². The Balaban J connectivity index is 2.20. The van der Waals surface area contributed by atoms with Crippen molar-refractivity contribution in [3.63, 3.8) is 0 Å². The molecule has 0 radical (unpaired) electrons. The molecule has 2 aromatic rings. The fourth-order valence-electron chi connectivity index (χ4n) is 2.48. The first kappa shape index (κ1) is 18.2. The lowest BCUT2D eigenvalue weighted by molar-refractivity contribution is -0.120. The van der Waals surface area contributed by atoms with Crippen LogP contribution in [0.25, 0.3) is 0 Å². The first-order chi connectivity index (χ1) is 11.3. The lowest BCUT2D eigenvalue weighted by atomic mass is 10.1. The van der Waals surface area contributed by atoms with Crippen LogP contribution in [0.5, 0.6) is 0 Å². The third-order valence-corrected chi connectivity index (χ3v) is 4.29. The molecule has 126 valence electrons. The van der Waals surface area contributed by atoms with Gasteiger partial charge in [0.1, 0.15) is 6.54 Å². The number of amides is 2. The number of hydrogen-bond acceptors (Lipinski definition) is 2. The number of nitrogens with zero attached hydrogens (tertiary/aromatic N) is 1. The van der Waals surface area contributed by atoms with Crippen molar-refractivity contribution < 1.29 is 9.59 Å². The Hall–Kier alpha value is -2.14. The van der Waals surface area contributed by atoms with Crippen molar-refractivity contribution in [3.05, 3.63) is 57.6 Å². The Morgan fingerprint density at radius 2 is 1.75 bits per heavy atom. The highest BCUT2D eigenvalue weighted by molar-refractivity contribution is 9.10. The van der Waals surface area contributed by atoms with Crippen LogP contribution in [-0.2, 0) is 9.59 Å². The molecule has 0 aliphatic carbocycles. The number of anilines is 2. The summed E-state index contributed by atoms with van der Waals surface area (Å²) in [5.74, 6) is -0.386. The van der Waals surface area contributed by atoms with Gasteiger partial charge in [-0.25, -0.2) is 0 Å². The van der Waals surface area contributed by atoms with E-state index in [0.717, 1.165) is 32.5 Å². The summed E-state index contributed by atoms with van der Waals surface area (Å²) in [5, 5.41) is 2.87. The van der Waals surface area contributed by atoms with Gasteiger partial charge < -0.3 is 10.2 Å². The van der Waals surface area contributed by atoms with Gasteiger partial charge in [-0.1, -0.05) is 28.1 Å². The molecule has 0 aromatic heterocycles. The molecule has 0 aliphatic rings. The van der Waals surface area contributed by atoms with Crippen LogP contribution in [0.2, 0.25) is 0 Å². The Labute approximate surface area is 151 Å². The highest BCUT2D eigenvalue weighted by atomic mass is 79.9. The van der Waals surface area contributed by atoms with Gasteiger partial charge in [0.25, 0.3) is 0 Å². The van der Waals surface area contributed by atoms with Gasteiger partial charge in [-0.3, -0.25) is 9.59 Å². The summed E-state index contributed by atoms with van der Waals surface area (Å²) < 4.78 is 0.957. The Kier molecular flexibility index (Phi) is 5.78. The zero-order valence-corrected chi connectivity index (χ0v) is 15.9. The van der Waals surface area contributed by atoms with Crippen LogP contribution >= 0.6 is 15.9 Å². The largest absolute Gasteiger partial charge is 0.324 e. The van der Waals surface area contributed by atoms with Crippen LogP contribution in [0.4, 0.5) is 11.4 Å². The number of carbonyl (C=O) groups excluding carboxylic acids is 2. The summed E-state index contributed by atoms with van der Waals surface area (Å²) in [6, 6.07) is 11.5. The fraction of sp³-hybridized carbons (Fsp3) is 0.263. The summed E-state index contributed by atoms with van der Waals surface area (Å²) in [4.78, 5) is 26.0. The van der Waals surface area contributed by atoms with Crippen molar-refractivity contribution in [1.29, 1.82) is 0 Å². The fourth-order valence-corrected chi connectivity index (χ4v) is 2.95. The van der Waals surface area contributed by atoms with Crippen molar-refractivity contribution in [2.75, 3.05) is 16.8 Å². The molecular formula is C19H21BrN2O2. The topological polar surface area (TPSA) is 49.4 Å². The van der Waals surface area contributed by atoms with Crippen LogP contribution in [0.15, 0.2) is 40.9 Å². The van der Waals surface area contributed by atoms with Crippen molar-refractivity contribution in [3.8, 4) is 0 Å². The maximum Gasteiger partial charge on any atom is 0.244 e. The van der Waals surface area contributed by atoms with E-state index in [-0.39, 0.29) is 18.4 Å². The third-order valence-electron chi connectivity index (χ3n) is 3.80. The van der Waals surface area contributed by atoms with E-state index in [2.05, 4.69) is 21.2 Å². The second-order valence-corrected chi connectivity index (χ2v) is 6.82. The molecule has 0 saturated carbocycles. The van der Waals surface area contributed by atoms with Crippen molar-refractivity contribution >= 4 is 39.1 Å². The summed E-state index contributed by atoms with van der Waals surface area (Å²) >= 11 is 3.40. The van der Waals surface area contributed by atoms with E-state index in [0.29, 0.717) is 0 Å². The molecule has 0 heterocycles. The first-order valence-electron chi connectivity index (χ1n) is 7.69. The molecule has 2 aromatic carbocycles. The predicted molar refractivity (Wildman–Crippen MR) is 101 cm³/mol. The van der Waals surface area contributed by atoms with Crippen LogP contribution in [0.3, 0.4) is 0 Å². The Morgan fingerprint density at radius 3 is 2.38 bits per heavy atom. The number of benzene rings is 2. The normalized spacial score (nSPS) is 10.4. The Morgan fingerprint density at radius 1 is 1.04 bits per heavy atom. The summed E-state index contributed by atoms with van der Waals surface area (Å²) in [6.45, 7) is 7.27. The van der Waals surface area contributed by atoms with Crippen LogP contribution < -0.4 is 10.2 Å². The van der Waals surface area contributed by atoms with Gasteiger partial charge in [0, 0.05) is 22.8 Å². The van der Waals surface area contributed by atoms with Crippen molar-refractivity contribution in [2.45, 2.75) is 27.7 Å². The second-order valence-electron chi connectivity index (χ2n) is 5.90. The maximum absolute atomic E-state index is 12.4. The first-order valence-corrected chi connectivity index (χ1v) is 8.48.